The minimum absolute atomic E-state index is 0.173. The number of esters is 1. The third-order valence-corrected chi connectivity index (χ3v) is 4.81. The van der Waals surface area contributed by atoms with Gasteiger partial charge in [-0.3, -0.25) is 9.36 Å². The summed E-state index contributed by atoms with van der Waals surface area (Å²) in [5.74, 6) is 0.374. The van der Waals surface area contributed by atoms with Gasteiger partial charge in [0.15, 0.2) is 23.2 Å². The highest BCUT2D eigenvalue weighted by Crippen LogP contribution is 2.32. The molecule has 0 bridgehead atoms. The molecule has 0 aromatic carbocycles. The fraction of sp³-hybridized carbons (Fsp3) is 0.667. The summed E-state index contributed by atoms with van der Waals surface area (Å²) in [4.78, 5) is 24.1. The SMILES string of the molecule is CCOC(=O)CCCCCNc1ncnc2c1ncn2[C@@H]1O[C@H](CO)C(O)C1O. The van der Waals surface area contributed by atoms with E-state index in [9.17, 15) is 20.1 Å². The van der Waals surface area contributed by atoms with Crippen molar-refractivity contribution >= 4 is 23.0 Å². The van der Waals surface area contributed by atoms with E-state index in [0.717, 1.165) is 19.3 Å². The Kier molecular flexibility index (Phi) is 7.31. The van der Waals surface area contributed by atoms with E-state index in [-0.39, 0.29) is 5.97 Å². The number of aliphatic hydroxyl groups is 3. The van der Waals surface area contributed by atoms with Gasteiger partial charge in [-0.15, -0.1) is 0 Å². The largest absolute Gasteiger partial charge is 0.466 e. The first-order chi connectivity index (χ1) is 14.1. The summed E-state index contributed by atoms with van der Waals surface area (Å²) in [7, 11) is 0. The van der Waals surface area contributed by atoms with Crippen molar-refractivity contribution in [3.63, 3.8) is 0 Å². The second-order valence-corrected chi connectivity index (χ2v) is 6.82. The summed E-state index contributed by atoms with van der Waals surface area (Å²) in [5, 5.41) is 32.7. The summed E-state index contributed by atoms with van der Waals surface area (Å²) >= 11 is 0. The molecular weight excluding hydrogens is 382 g/mol. The predicted octanol–water partition coefficient (Wildman–Crippen LogP) is -0.0268. The minimum Gasteiger partial charge on any atom is -0.466 e. The number of anilines is 1. The number of carbonyl (C=O) groups excluding carboxylic acids is 1. The first-order valence-electron chi connectivity index (χ1n) is 9.76. The minimum atomic E-state index is -1.21. The van der Waals surface area contributed by atoms with E-state index < -0.39 is 31.1 Å². The summed E-state index contributed by atoms with van der Waals surface area (Å²) in [6, 6.07) is 0. The van der Waals surface area contributed by atoms with Crippen LogP contribution in [0.25, 0.3) is 11.2 Å². The van der Waals surface area contributed by atoms with Crippen LogP contribution in [0.5, 0.6) is 0 Å². The Morgan fingerprint density at radius 2 is 2.07 bits per heavy atom. The van der Waals surface area contributed by atoms with Gasteiger partial charge in [0, 0.05) is 13.0 Å². The van der Waals surface area contributed by atoms with Crippen LogP contribution in [0.2, 0.25) is 0 Å². The fourth-order valence-corrected chi connectivity index (χ4v) is 3.29. The zero-order valence-electron chi connectivity index (χ0n) is 16.3. The zero-order chi connectivity index (χ0) is 20.8. The third kappa shape index (κ3) is 4.81. The van der Waals surface area contributed by atoms with E-state index in [2.05, 4.69) is 20.3 Å². The zero-order valence-corrected chi connectivity index (χ0v) is 16.3. The summed E-state index contributed by atoms with van der Waals surface area (Å²) in [5.41, 5.74) is 0.955. The fourth-order valence-electron chi connectivity index (χ4n) is 3.29. The number of nitrogens with zero attached hydrogens (tertiary/aromatic N) is 4. The van der Waals surface area contributed by atoms with E-state index in [4.69, 9.17) is 9.47 Å². The highest BCUT2D eigenvalue weighted by atomic mass is 16.6. The van der Waals surface area contributed by atoms with Crippen LogP contribution in [0.3, 0.4) is 0 Å². The lowest BCUT2D eigenvalue weighted by Gasteiger charge is -2.16. The van der Waals surface area contributed by atoms with Crippen LogP contribution >= 0.6 is 0 Å². The molecule has 2 aromatic heterocycles. The van der Waals surface area contributed by atoms with Crippen LogP contribution < -0.4 is 5.32 Å². The van der Waals surface area contributed by atoms with Crippen LogP contribution in [0.4, 0.5) is 5.82 Å². The molecule has 1 fully saturated rings. The molecule has 3 heterocycles. The Morgan fingerprint density at radius 1 is 1.24 bits per heavy atom. The molecule has 0 spiro atoms. The van der Waals surface area contributed by atoms with E-state index in [0.29, 0.717) is 36.6 Å². The van der Waals surface area contributed by atoms with Crippen LogP contribution in [0, 0.1) is 0 Å². The Labute approximate surface area is 167 Å². The molecule has 3 rings (SSSR count). The first kappa shape index (κ1) is 21.4. The topological polar surface area (TPSA) is 152 Å². The van der Waals surface area contributed by atoms with Gasteiger partial charge in [0.1, 0.15) is 24.6 Å². The molecule has 160 valence electrons. The van der Waals surface area contributed by atoms with Gasteiger partial charge in [0.25, 0.3) is 0 Å². The van der Waals surface area contributed by atoms with Gasteiger partial charge in [-0.2, -0.15) is 0 Å². The second kappa shape index (κ2) is 9.92. The average Bonchev–Trinajstić information content (AvgIpc) is 3.26. The normalized spacial score (nSPS) is 24.1. The van der Waals surface area contributed by atoms with Crippen molar-refractivity contribution in [3.8, 4) is 0 Å². The van der Waals surface area contributed by atoms with Gasteiger partial charge in [-0.1, -0.05) is 6.42 Å². The standard InChI is InChI=1S/C18H27N5O6/c1-2-28-12(25)6-4-3-5-7-19-16-13-17(21-9-20-16)23(10-22-13)18-15(27)14(26)11(8-24)29-18/h9-11,14-15,18,24,26-27H,2-8H2,1H3,(H,19,20,21)/t11-,14?,15?,18-/m1/s1. The number of aromatic nitrogens is 4. The van der Waals surface area contributed by atoms with Gasteiger partial charge >= 0.3 is 5.97 Å². The van der Waals surface area contributed by atoms with Crippen molar-refractivity contribution < 1.29 is 29.6 Å². The Balaban J connectivity index is 1.58. The quantitative estimate of drug-likeness (QED) is 0.311. The summed E-state index contributed by atoms with van der Waals surface area (Å²) in [6.45, 7) is 2.44. The van der Waals surface area contributed by atoms with E-state index in [1.807, 2.05) is 0 Å². The molecule has 0 radical (unpaired) electrons. The van der Waals surface area contributed by atoms with Crippen molar-refractivity contribution in [1.82, 2.24) is 19.5 Å². The Bertz CT molecular complexity index is 815. The molecule has 2 unspecified atom stereocenters. The number of rotatable bonds is 10. The molecule has 4 atom stereocenters. The van der Waals surface area contributed by atoms with Crippen molar-refractivity contribution in [2.24, 2.45) is 0 Å². The molecular formula is C18H27N5O6. The molecule has 1 aliphatic heterocycles. The lowest BCUT2D eigenvalue weighted by molar-refractivity contribution is -0.143. The number of aliphatic hydroxyl groups excluding tert-OH is 3. The molecule has 1 saturated heterocycles. The van der Waals surface area contributed by atoms with Crippen molar-refractivity contribution in [2.75, 3.05) is 25.1 Å². The summed E-state index contributed by atoms with van der Waals surface area (Å²) in [6.07, 6.45) is 1.55. The monoisotopic (exact) mass is 409 g/mol. The van der Waals surface area contributed by atoms with Gasteiger partial charge < -0.3 is 30.1 Å². The van der Waals surface area contributed by atoms with Crippen LogP contribution in [-0.2, 0) is 14.3 Å². The molecule has 1 aliphatic rings. The molecule has 4 N–H and O–H groups in total. The average molecular weight is 409 g/mol. The number of nitrogens with one attached hydrogen (secondary N) is 1. The van der Waals surface area contributed by atoms with E-state index in [1.165, 1.54) is 17.2 Å². The van der Waals surface area contributed by atoms with E-state index >= 15 is 0 Å². The van der Waals surface area contributed by atoms with Gasteiger partial charge in [-0.05, 0) is 19.8 Å². The number of imidazole rings is 1. The molecule has 11 heteroatoms. The number of hydrogen-bond donors (Lipinski definition) is 4. The van der Waals surface area contributed by atoms with Crippen LogP contribution in [0.1, 0.15) is 38.8 Å². The molecule has 29 heavy (non-hydrogen) atoms. The molecule has 11 nitrogen and oxygen atoms in total. The number of hydrogen-bond acceptors (Lipinski definition) is 10. The number of unbranched alkanes of at least 4 members (excludes halogenated alkanes) is 2. The van der Waals surface area contributed by atoms with Crippen molar-refractivity contribution in [3.05, 3.63) is 12.7 Å². The highest BCUT2D eigenvalue weighted by Gasteiger charge is 2.44. The second-order valence-electron chi connectivity index (χ2n) is 6.82. The molecule has 0 amide bonds. The molecule has 0 aliphatic carbocycles. The molecule has 2 aromatic rings. The van der Waals surface area contributed by atoms with Gasteiger partial charge in [-0.25, -0.2) is 15.0 Å². The van der Waals surface area contributed by atoms with Gasteiger partial charge in [0.2, 0.25) is 0 Å². The van der Waals surface area contributed by atoms with Gasteiger partial charge in [0.05, 0.1) is 19.5 Å². The molecule has 0 saturated carbocycles. The summed E-state index contributed by atoms with van der Waals surface area (Å²) < 4.78 is 12.0. The number of carbonyl (C=O) groups is 1. The predicted molar refractivity (Wildman–Crippen MR) is 102 cm³/mol. The maximum atomic E-state index is 11.3. The van der Waals surface area contributed by atoms with Crippen molar-refractivity contribution in [1.29, 1.82) is 0 Å². The Morgan fingerprint density at radius 3 is 2.79 bits per heavy atom. The maximum absolute atomic E-state index is 11.3. The lowest BCUT2D eigenvalue weighted by Crippen LogP contribution is -2.33. The smallest absolute Gasteiger partial charge is 0.305 e. The van der Waals surface area contributed by atoms with Crippen LogP contribution in [-0.4, -0.2) is 78.9 Å². The number of fused-ring (bicyclic) bond motifs is 1. The van der Waals surface area contributed by atoms with E-state index in [1.54, 1.807) is 6.92 Å². The first-order valence-corrected chi connectivity index (χ1v) is 9.76. The highest BCUT2D eigenvalue weighted by molar-refractivity contribution is 5.82. The maximum Gasteiger partial charge on any atom is 0.305 e. The number of ether oxygens (including phenoxy) is 2. The Hall–Kier alpha value is -2.34. The van der Waals surface area contributed by atoms with Crippen LogP contribution in [0.15, 0.2) is 12.7 Å². The lowest BCUT2D eigenvalue weighted by atomic mass is 10.1. The van der Waals surface area contributed by atoms with Crippen molar-refractivity contribution in [2.45, 2.75) is 57.1 Å². The third-order valence-electron chi connectivity index (χ3n) is 4.81.